The molecule has 1 heterocycles. The topological polar surface area (TPSA) is 48.2 Å². The van der Waals surface area contributed by atoms with Crippen molar-refractivity contribution in [2.75, 3.05) is 7.11 Å². The van der Waals surface area contributed by atoms with Gasteiger partial charge in [0, 0.05) is 13.0 Å². The van der Waals surface area contributed by atoms with Crippen LogP contribution in [0.1, 0.15) is 54.9 Å². The molecular formula is C16H20N2O2. The quantitative estimate of drug-likeness (QED) is 0.854. The van der Waals surface area contributed by atoms with Crippen LogP contribution in [0.4, 0.5) is 0 Å². The van der Waals surface area contributed by atoms with Gasteiger partial charge in [0.05, 0.1) is 0 Å². The summed E-state index contributed by atoms with van der Waals surface area (Å²) in [6.45, 7) is 6.03. The fourth-order valence-corrected chi connectivity index (χ4v) is 2.54. The lowest BCUT2D eigenvalue weighted by Gasteiger charge is -2.17. The highest BCUT2D eigenvalue weighted by atomic mass is 16.5. The second-order valence-electron chi connectivity index (χ2n) is 5.98. The number of benzene rings is 1. The van der Waals surface area contributed by atoms with E-state index in [9.17, 15) is 0 Å². The van der Waals surface area contributed by atoms with Crippen molar-refractivity contribution in [3.63, 3.8) is 0 Å². The standard InChI is InChI=1S/C16H20N2O2/c1-10-7-5-6-8-11(10)12-9-13(12)14-17-15(18-20-14)16(2,3)19-4/h5-8,12-13H,9H2,1-4H3. The molecule has 4 heteroatoms. The summed E-state index contributed by atoms with van der Waals surface area (Å²) < 4.78 is 10.8. The molecule has 0 N–H and O–H groups in total. The van der Waals surface area contributed by atoms with Gasteiger partial charge in [0.25, 0.3) is 0 Å². The van der Waals surface area contributed by atoms with Crippen LogP contribution in [0.5, 0.6) is 0 Å². The van der Waals surface area contributed by atoms with E-state index in [2.05, 4.69) is 41.3 Å². The van der Waals surface area contributed by atoms with E-state index >= 15 is 0 Å². The molecule has 1 aromatic heterocycles. The Morgan fingerprint density at radius 3 is 2.70 bits per heavy atom. The molecule has 0 aliphatic heterocycles. The van der Waals surface area contributed by atoms with E-state index in [4.69, 9.17) is 9.26 Å². The monoisotopic (exact) mass is 272 g/mol. The lowest BCUT2D eigenvalue weighted by molar-refractivity contribution is 0.00973. The van der Waals surface area contributed by atoms with Crippen molar-refractivity contribution in [2.45, 2.75) is 44.6 Å². The molecule has 0 saturated heterocycles. The van der Waals surface area contributed by atoms with Crippen molar-refractivity contribution < 1.29 is 9.26 Å². The number of hydrogen-bond donors (Lipinski definition) is 0. The maximum atomic E-state index is 5.43. The molecule has 1 saturated carbocycles. The molecule has 0 radical (unpaired) electrons. The number of aromatic nitrogens is 2. The van der Waals surface area contributed by atoms with Crippen molar-refractivity contribution in [3.8, 4) is 0 Å². The Balaban J connectivity index is 1.79. The first-order valence-corrected chi connectivity index (χ1v) is 6.97. The minimum atomic E-state index is -0.505. The molecule has 2 aromatic rings. The highest BCUT2D eigenvalue weighted by molar-refractivity contribution is 5.36. The van der Waals surface area contributed by atoms with Gasteiger partial charge in [0.15, 0.2) is 0 Å². The first-order chi connectivity index (χ1) is 9.53. The molecule has 2 unspecified atom stereocenters. The summed E-state index contributed by atoms with van der Waals surface area (Å²) >= 11 is 0. The zero-order valence-corrected chi connectivity index (χ0v) is 12.4. The molecule has 1 aliphatic carbocycles. The van der Waals surface area contributed by atoms with Crippen LogP contribution in [-0.4, -0.2) is 17.3 Å². The SMILES string of the molecule is COC(C)(C)c1noc(C2CC2c2ccccc2C)n1. The fraction of sp³-hybridized carbons (Fsp3) is 0.500. The van der Waals surface area contributed by atoms with Gasteiger partial charge in [-0.1, -0.05) is 29.4 Å². The van der Waals surface area contributed by atoms with Crippen LogP contribution >= 0.6 is 0 Å². The Kier molecular flexibility index (Phi) is 3.13. The van der Waals surface area contributed by atoms with Gasteiger partial charge in [0.2, 0.25) is 11.7 Å². The molecule has 0 bridgehead atoms. The van der Waals surface area contributed by atoms with Gasteiger partial charge < -0.3 is 9.26 Å². The number of nitrogens with zero attached hydrogens (tertiary/aromatic N) is 2. The molecule has 3 rings (SSSR count). The summed E-state index contributed by atoms with van der Waals surface area (Å²) in [5.41, 5.74) is 2.22. The zero-order valence-electron chi connectivity index (χ0n) is 12.4. The molecule has 2 atom stereocenters. The van der Waals surface area contributed by atoms with Crippen molar-refractivity contribution in [3.05, 3.63) is 47.1 Å². The van der Waals surface area contributed by atoms with Gasteiger partial charge in [-0.3, -0.25) is 0 Å². The largest absolute Gasteiger partial charge is 0.371 e. The van der Waals surface area contributed by atoms with E-state index in [1.54, 1.807) is 7.11 Å². The maximum Gasteiger partial charge on any atom is 0.230 e. The van der Waals surface area contributed by atoms with Gasteiger partial charge in [-0.05, 0) is 44.2 Å². The summed E-state index contributed by atoms with van der Waals surface area (Å²) in [7, 11) is 1.66. The van der Waals surface area contributed by atoms with Crippen LogP contribution in [0.2, 0.25) is 0 Å². The first kappa shape index (κ1) is 13.3. The van der Waals surface area contributed by atoms with Gasteiger partial charge in [-0.15, -0.1) is 0 Å². The highest BCUT2D eigenvalue weighted by Crippen LogP contribution is 2.54. The Labute approximate surface area is 119 Å². The van der Waals surface area contributed by atoms with Crippen LogP contribution in [0.25, 0.3) is 0 Å². The summed E-state index contributed by atoms with van der Waals surface area (Å²) in [6, 6.07) is 8.50. The fourth-order valence-electron chi connectivity index (χ4n) is 2.54. The molecule has 106 valence electrons. The summed E-state index contributed by atoms with van der Waals surface area (Å²) in [5.74, 6) is 2.21. The lowest BCUT2D eigenvalue weighted by atomic mass is 10.0. The maximum absolute atomic E-state index is 5.43. The molecule has 1 aliphatic rings. The Hall–Kier alpha value is -1.68. The Morgan fingerprint density at radius 1 is 1.25 bits per heavy atom. The molecule has 0 amide bonds. The van der Waals surface area contributed by atoms with Crippen molar-refractivity contribution in [1.29, 1.82) is 0 Å². The first-order valence-electron chi connectivity index (χ1n) is 6.97. The van der Waals surface area contributed by atoms with Gasteiger partial charge >= 0.3 is 0 Å². The van der Waals surface area contributed by atoms with Gasteiger partial charge in [-0.2, -0.15) is 4.98 Å². The van der Waals surface area contributed by atoms with Crippen LogP contribution in [0, 0.1) is 6.92 Å². The predicted molar refractivity (Wildman–Crippen MR) is 75.6 cm³/mol. The Bertz CT molecular complexity index is 618. The molecule has 1 fully saturated rings. The molecular weight excluding hydrogens is 252 g/mol. The summed E-state index contributed by atoms with van der Waals surface area (Å²) in [4.78, 5) is 4.52. The Morgan fingerprint density at radius 2 is 2.00 bits per heavy atom. The van der Waals surface area contributed by atoms with E-state index in [0.717, 1.165) is 12.3 Å². The van der Waals surface area contributed by atoms with E-state index in [1.165, 1.54) is 11.1 Å². The van der Waals surface area contributed by atoms with Crippen LogP contribution in [0.3, 0.4) is 0 Å². The zero-order chi connectivity index (χ0) is 14.3. The van der Waals surface area contributed by atoms with E-state index in [0.29, 0.717) is 17.7 Å². The van der Waals surface area contributed by atoms with Crippen molar-refractivity contribution >= 4 is 0 Å². The number of aryl methyl sites for hydroxylation is 1. The summed E-state index contributed by atoms with van der Waals surface area (Å²) in [5, 5.41) is 4.06. The van der Waals surface area contributed by atoms with E-state index in [1.807, 2.05) is 13.8 Å². The third kappa shape index (κ3) is 2.24. The normalized spacial score (nSPS) is 22.0. The van der Waals surface area contributed by atoms with E-state index < -0.39 is 5.60 Å². The third-order valence-corrected chi connectivity index (χ3v) is 4.19. The molecule has 0 spiro atoms. The number of ether oxygens (including phenoxy) is 1. The smallest absolute Gasteiger partial charge is 0.230 e. The van der Waals surface area contributed by atoms with Crippen LogP contribution in [0.15, 0.2) is 28.8 Å². The summed E-state index contributed by atoms with van der Waals surface area (Å²) in [6.07, 6.45) is 1.08. The average molecular weight is 272 g/mol. The lowest BCUT2D eigenvalue weighted by Crippen LogP contribution is -2.21. The predicted octanol–water partition coefficient (Wildman–Crippen LogP) is 3.53. The van der Waals surface area contributed by atoms with Crippen molar-refractivity contribution in [2.24, 2.45) is 0 Å². The van der Waals surface area contributed by atoms with Gasteiger partial charge in [0.1, 0.15) is 5.60 Å². The number of methoxy groups -OCH3 is 1. The van der Waals surface area contributed by atoms with Crippen LogP contribution in [-0.2, 0) is 10.3 Å². The molecule has 1 aromatic carbocycles. The number of hydrogen-bond acceptors (Lipinski definition) is 4. The molecule has 4 nitrogen and oxygen atoms in total. The van der Waals surface area contributed by atoms with Crippen molar-refractivity contribution in [1.82, 2.24) is 10.1 Å². The third-order valence-electron chi connectivity index (χ3n) is 4.19. The minimum absolute atomic E-state index is 0.352. The van der Waals surface area contributed by atoms with E-state index in [-0.39, 0.29) is 0 Å². The second kappa shape index (κ2) is 4.70. The minimum Gasteiger partial charge on any atom is -0.371 e. The highest BCUT2D eigenvalue weighted by Gasteiger charge is 2.45. The number of rotatable bonds is 4. The second-order valence-corrected chi connectivity index (χ2v) is 5.98. The average Bonchev–Trinajstić information content (AvgIpc) is 3.06. The van der Waals surface area contributed by atoms with Gasteiger partial charge in [-0.25, -0.2) is 0 Å². The van der Waals surface area contributed by atoms with Crippen LogP contribution < -0.4 is 0 Å². The molecule has 20 heavy (non-hydrogen) atoms.